The van der Waals surface area contributed by atoms with E-state index in [-0.39, 0.29) is 0 Å². The number of aromatic nitrogens is 1. The van der Waals surface area contributed by atoms with Crippen molar-refractivity contribution in [1.29, 1.82) is 0 Å². The van der Waals surface area contributed by atoms with E-state index in [1.165, 1.54) is 103 Å². The zero-order valence-electron chi connectivity index (χ0n) is 40.4. The van der Waals surface area contributed by atoms with Crippen molar-refractivity contribution < 1.29 is 0 Å². The number of para-hydroxylation sites is 2. The Morgan fingerprint density at radius 2 is 0.851 bits per heavy atom. The predicted molar refractivity (Wildman–Crippen MR) is 314 cm³/mol. The normalized spacial score (nSPS) is 12.7. The molecular formula is C71H46N2S. The van der Waals surface area contributed by atoms with E-state index in [2.05, 4.69) is 289 Å². The van der Waals surface area contributed by atoms with Crippen LogP contribution in [0, 0.1) is 0 Å². The van der Waals surface area contributed by atoms with Crippen LogP contribution >= 0.6 is 11.3 Å². The average Bonchev–Trinajstić information content (AvgIpc) is 4.13. The number of benzene rings is 12. The zero-order chi connectivity index (χ0) is 48.7. The Bertz CT molecular complexity index is 4390. The van der Waals surface area contributed by atoms with Crippen LogP contribution in [-0.2, 0) is 5.41 Å². The lowest BCUT2D eigenvalue weighted by Gasteiger charge is -2.34. The molecule has 1 aliphatic rings. The Morgan fingerprint density at radius 3 is 1.55 bits per heavy atom. The van der Waals surface area contributed by atoms with E-state index < -0.39 is 5.41 Å². The summed E-state index contributed by atoms with van der Waals surface area (Å²) >= 11 is 1.89. The van der Waals surface area contributed by atoms with Gasteiger partial charge in [-0.1, -0.05) is 218 Å². The lowest BCUT2D eigenvalue weighted by Crippen LogP contribution is -2.28. The van der Waals surface area contributed by atoms with Crippen molar-refractivity contribution in [2.24, 2.45) is 0 Å². The van der Waals surface area contributed by atoms with Gasteiger partial charge < -0.3 is 9.47 Å². The molecule has 0 spiro atoms. The van der Waals surface area contributed by atoms with Crippen molar-refractivity contribution in [1.82, 2.24) is 4.57 Å². The first-order valence-electron chi connectivity index (χ1n) is 25.5. The Kier molecular flexibility index (Phi) is 9.70. The molecular weight excluding hydrogens is 913 g/mol. The van der Waals surface area contributed by atoms with Gasteiger partial charge in [0.2, 0.25) is 0 Å². The van der Waals surface area contributed by atoms with E-state index in [0.717, 1.165) is 28.3 Å². The van der Waals surface area contributed by atoms with Crippen molar-refractivity contribution >= 4 is 81.1 Å². The fourth-order valence-corrected chi connectivity index (χ4v) is 13.7. The van der Waals surface area contributed by atoms with Gasteiger partial charge in [0.15, 0.2) is 0 Å². The number of rotatable bonds is 8. The van der Waals surface area contributed by atoms with Crippen LogP contribution in [0.5, 0.6) is 0 Å². The highest BCUT2D eigenvalue weighted by atomic mass is 32.1. The summed E-state index contributed by atoms with van der Waals surface area (Å²) < 4.78 is 5.03. The Hall–Kier alpha value is -9.28. The molecule has 0 aliphatic heterocycles. The number of fused-ring (bicyclic) bond motifs is 10. The maximum Gasteiger partial charge on any atom is 0.0713 e. The van der Waals surface area contributed by atoms with Crippen LogP contribution < -0.4 is 4.90 Å². The van der Waals surface area contributed by atoms with Crippen LogP contribution in [0.3, 0.4) is 0 Å². The minimum absolute atomic E-state index is 0.491. The van der Waals surface area contributed by atoms with Crippen LogP contribution in [0.2, 0.25) is 0 Å². The third kappa shape index (κ3) is 6.37. The molecule has 0 amide bonds. The van der Waals surface area contributed by atoms with Gasteiger partial charge >= 0.3 is 0 Å². The van der Waals surface area contributed by atoms with Crippen molar-refractivity contribution in [3.05, 3.63) is 301 Å². The van der Waals surface area contributed by atoms with E-state index in [4.69, 9.17) is 0 Å². The summed E-state index contributed by atoms with van der Waals surface area (Å²) in [6.07, 6.45) is 0. The Balaban J connectivity index is 0.897. The average molecular weight is 959 g/mol. The lowest BCUT2D eigenvalue weighted by atomic mass is 9.68. The van der Waals surface area contributed by atoms with Crippen molar-refractivity contribution in [2.45, 2.75) is 5.41 Å². The van der Waals surface area contributed by atoms with Gasteiger partial charge in [-0.3, -0.25) is 0 Å². The highest BCUT2D eigenvalue weighted by Crippen LogP contribution is 2.56. The molecule has 74 heavy (non-hydrogen) atoms. The second-order valence-electron chi connectivity index (χ2n) is 19.5. The third-order valence-corrected chi connectivity index (χ3v) is 16.9. The molecule has 2 heterocycles. The highest BCUT2D eigenvalue weighted by molar-refractivity contribution is 7.26. The lowest BCUT2D eigenvalue weighted by molar-refractivity contribution is 0.768. The van der Waals surface area contributed by atoms with E-state index >= 15 is 0 Å². The first-order valence-corrected chi connectivity index (χ1v) is 26.3. The van der Waals surface area contributed by atoms with E-state index in [1.807, 2.05) is 11.3 Å². The van der Waals surface area contributed by atoms with E-state index in [9.17, 15) is 0 Å². The van der Waals surface area contributed by atoms with Crippen LogP contribution in [0.25, 0.3) is 91.8 Å². The summed E-state index contributed by atoms with van der Waals surface area (Å²) in [6, 6.07) is 103. The van der Waals surface area contributed by atoms with Gasteiger partial charge in [-0.25, -0.2) is 0 Å². The van der Waals surface area contributed by atoms with E-state index in [0.29, 0.717) is 0 Å². The quantitative estimate of drug-likeness (QED) is 0.147. The van der Waals surface area contributed by atoms with Gasteiger partial charge in [0, 0.05) is 59.0 Å². The number of anilines is 3. The third-order valence-electron chi connectivity index (χ3n) is 15.7. The van der Waals surface area contributed by atoms with Crippen LogP contribution in [-0.4, -0.2) is 4.57 Å². The summed E-state index contributed by atoms with van der Waals surface area (Å²) in [5.41, 5.74) is 18.9. The molecule has 0 saturated carbocycles. The molecule has 0 N–H and O–H groups in total. The fourth-order valence-electron chi connectivity index (χ4n) is 12.5. The van der Waals surface area contributed by atoms with Crippen molar-refractivity contribution in [3.8, 4) is 39.1 Å². The molecule has 1 aliphatic carbocycles. The molecule has 0 atom stereocenters. The van der Waals surface area contributed by atoms with Gasteiger partial charge in [0.05, 0.1) is 22.1 Å². The number of nitrogens with zero attached hydrogens (tertiary/aromatic N) is 2. The molecule has 0 saturated heterocycles. The number of hydrogen-bond acceptors (Lipinski definition) is 2. The summed E-state index contributed by atoms with van der Waals surface area (Å²) in [4.78, 5) is 2.46. The molecule has 12 aromatic carbocycles. The fraction of sp³-hybridized carbons (Fsp3) is 0.0141. The van der Waals surface area contributed by atoms with Crippen LogP contribution in [0.15, 0.2) is 279 Å². The molecule has 15 rings (SSSR count). The Morgan fingerprint density at radius 1 is 0.324 bits per heavy atom. The summed E-state index contributed by atoms with van der Waals surface area (Å²) in [5.74, 6) is 0. The summed E-state index contributed by atoms with van der Waals surface area (Å²) in [6.45, 7) is 0. The molecule has 14 aromatic rings. The van der Waals surface area contributed by atoms with Gasteiger partial charge in [0.1, 0.15) is 0 Å². The standard InChI is InChI=1S/C71H46N2S/c1-2-19-49(20-3-1)71(64-31-11-6-23-56(64)57-24-7-12-32-65(57)71)50-38-42-52(43-39-50)72(68-45-44-55(54-22-4-5-25-58(54)68)62-29-17-30-63-61-28-10-15-35-69(61)74-70(62)63)51-40-36-47(37-41-51)48-18-16-21-53(46-48)73-66-33-13-8-26-59(66)60-27-9-14-34-67(60)73/h1-46H. The molecule has 2 nitrogen and oxygen atoms in total. The van der Waals surface area contributed by atoms with Gasteiger partial charge in [-0.05, 0) is 116 Å². The molecule has 346 valence electrons. The predicted octanol–water partition coefficient (Wildman–Crippen LogP) is 19.5. The monoisotopic (exact) mass is 958 g/mol. The minimum Gasteiger partial charge on any atom is -0.310 e. The zero-order valence-corrected chi connectivity index (χ0v) is 41.2. The second kappa shape index (κ2) is 16.9. The van der Waals surface area contributed by atoms with Gasteiger partial charge in [-0.2, -0.15) is 0 Å². The topological polar surface area (TPSA) is 8.17 Å². The van der Waals surface area contributed by atoms with Gasteiger partial charge in [0.25, 0.3) is 0 Å². The summed E-state index contributed by atoms with van der Waals surface area (Å²) in [7, 11) is 0. The largest absolute Gasteiger partial charge is 0.310 e. The molecule has 0 unspecified atom stereocenters. The first-order chi connectivity index (χ1) is 36.7. The minimum atomic E-state index is -0.491. The molecule has 2 aromatic heterocycles. The number of thiophene rings is 1. The van der Waals surface area contributed by atoms with E-state index in [1.54, 1.807) is 0 Å². The van der Waals surface area contributed by atoms with Crippen molar-refractivity contribution in [3.63, 3.8) is 0 Å². The molecule has 0 fully saturated rings. The first kappa shape index (κ1) is 42.4. The molecule has 0 radical (unpaired) electrons. The SMILES string of the molecule is c1ccc(C2(c3ccc(N(c4ccc(-c5cccc(-n6c7ccccc7c7ccccc76)c5)cc4)c4ccc(-c5cccc6c5sc5ccccc56)c5ccccc45)cc3)c3ccccc3-c3ccccc32)cc1. The van der Waals surface area contributed by atoms with Crippen LogP contribution in [0.1, 0.15) is 22.3 Å². The highest BCUT2D eigenvalue weighted by Gasteiger charge is 2.45. The van der Waals surface area contributed by atoms with Gasteiger partial charge in [-0.15, -0.1) is 11.3 Å². The molecule has 0 bridgehead atoms. The molecule has 3 heteroatoms. The smallest absolute Gasteiger partial charge is 0.0713 e. The van der Waals surface area contributed by atoms with Crippen LogP contribution in [0.4, 0.5) is 17.1 Å². The maximum atomic E-state index is 2.46. The summed E-state index contributed by atoms with van der Waals surface area (Å²) in [5, 5.41) is 7.55. The number of hydrogen-bond donors (Lipinski definition) is 0. The Labute approximate surface area is 433 Å². The van der Waals surface area contributed by atoms with Crippen molar-refractivity contribution in [2.75, 3.05) is 4.90 Å². The maximum absolute atomic E-state index is 2.46. The second-order valence-corrected chi connectivity index (χ2v) is 20.6.